The first-order valence-electron chi connectivity index (χ1n) is 8.94. The average Bonchev–Trinajstić information content (AvgIpc) is 2.63. The Hall–Kier alpha value is -2.02. The Morgan fingerprint density at radius 3 is 2.39 bits per heavy atom. The molecule has 0 amide bonds. The summed E-state index contributed by atoms with van der Waals surface area (Å²) >= 11 is -0.322. The summed E-state index contributed by atoms with van der Waals surface area (Å²) in [6.45, 7) is 3.02. The Morgan fingerprint density at radius 2 is 1.84 bits per heavy atom. The molecule has 0 heterocycles. The van der Waals surface area contributed by atoms with Crippen LogP contribution < -0.4 is 4.74 Å². The van der Waals surface area contributed by atoms with Gasteiger partial charge in [-0.1, -0.05) is 19.9 Å². The lowest BCUT2D eigenvalue weighted by atomic mass is 10.1. The number of halogens is 3. The molecule has 0 saturated carbocycles. The van der Waals surface area contributed by atoms with Crippen LogP contribution in [-0.4, -0.2) is 50.2 Å². The van der Waals surface area contributed by atoms with Crippen LogP contribution >= 0.6 is 11.8 Å². The van der Waals surface area contributed by atoms with Crippen LogP contribution in [0.4, 0.5) is 13.2 Å². The molecule has 31 heavy (non-hydrogen) atoms. The quantitative estimate of drug-likeness (QED) is 0.241. The number of carbonyl (C=O) groups is 1. The molecule has 2 aromatic carbocycles. The molecule has 2 aromatic rings. The summed E-state index contributed by atoms with van der Waals surface area (Å²) in [5, 5.41) is 0.830. The Morgan fingerprint density at radius 1 is 1.16 bits per heavy atom. The van der Waals surface area contributed by atoms with E-state index in [-0.39, 0.29) is 33.9 Å². The summed E-state index contributed by atoms with van der Waals surface area (Å²) < 4.78 is 84.8. The van der Waals surface area contributed by atoms with Gasteiger partial charge in [0.2, 0.25) is 6.29 Å². The van der Waals surface area contributed by atoms with E-state index in [1.165, 1.54) is 37.4 Å². The number of methoxy groups -OCH3 is 1. The highest BCUT2D eigenvalue weighted by atomic mass is 32.2. The van der Waals surface area contributed by atoms with E-state index in [9.17, 15) is 26.4 Å². The number of benzene rings is 2. The molecule has 1 N–H and O–H groups in total. The number of thioether (sulfide) groups is 1. The molecule has 1 unspecified atom stereocenters. The van der Waals surface area contributed by atoms with Gasteiger partial charge < -0.3 is 14.2 Å². The minimum Gasteiger partial charge on any atom is -0.463 e. The first-order valence-corrected chi connectivity index (χ1v) is 11.4. The first kappa shape index (κ1) is 25.2. The fraction of sp³-hybridized carbons (Fsp3) is 0.421. The Kier molecular flexibility index (Phi) is 8.20. The lowest BCUT2D eigenvalue weighted by Crippen LogP contribution is -2.25. The summed E-state index contributed by atoms with van der Waals surface area (Å²) in [5.74, 6) is -1.81. The Bertz CT molecular complexity index is 1040. The number of hydrogen-bond acceptors (Lipinski definition) is 7. The molecule has 2 rings (SSSR count). The molecule has 0 aromatic heterocycles. The van der Waals surface area contributed by atoms with Gasteiger partial charge in [0.15, 0.2) is 0 Å². The largest absolute Gasteiger partial charge is 0.463 e. The molecule has 0 fully saturated rings. The third kappa shape index (κ3) is 7.87. The molecule has 172 valence electrons. The second kappa shape index (κ2) is 10.1. The van der Waals surface area contributed by atoms with Crippen molar-refractivity contribution in [3.05, 3.63) is 35.9 Å². The molecule has 0 aliphatic heterocycles. The van der Waals surface area contributed by atoms with E-state index in [0.717, 1.165) is 0 Å². The van der Waals surface area contributed by atoms with Gasteiger partial charge >= 0.3 is 11.5 Å². The van der Waals surface area contributed by atoms with Crippen LogP contribution in [0.1, 0.15) is 24.2 Å². The van der Waals surface area contributed by atoms with Gasteiger partial charge in [-0.15, -0.1) is 0 Å². The van der Waals surface area contributed by atoms with Gasteiger partial charge in [0, 0.05) is 13.0 Å². The number of hydrogen-bond donors (Lipinski definition) is 1. The van der Waals surface area contributed by atoms with Crippen LogP contribution in [-0.2, 0) is 19.6 Å². The van der Waals surface area contributed by atoms with Crippen molar-refractivity contribution in [1.82, 2.24) is 0 Å². The highest BCUT2D eigenvalue weighted by Crippen LogP contribution is 2.43. The maximum Gasteiger partial charge on any atom is 0.446 e. The fourth-order valence-electron chi connectivity index (χ4n) is 2.58. The van der Waals surface area contributed by atoms with Crippen LogP contribution in [0.5, 0.6) is 5.75 Å². The molecular formula is C19H21F3O7S2. The highest BCUT2D eigenvalue weighted by molar-refractivity contribution is 8.00. The predicted octanol–water partition coefficient (Wildman–Crippen LogP) is 4.50. The summed E-state index contributed by atoms with van der Waals surface area (Å²) in [7, 11) is -2.91. The van der Waals surface area contributed by atoms with E-state index in [1.54, 1.807) is 13.8 Å². The van der Waals surface area contributed by atoms with Crippen molar-refractivity contribution in [2.24, 2.45) is 5.92 Å². The lowest BCUT2D eigenvalue weighted by Gasteiger charge is -2.23. The second-order valence-electron chi connectivity index (χ2n) is 6.80. The van der Waals surface area contributed by atoms with E-state index in [2.05, 4.69) is 0 Å². The van der Waals surface area contributed by atoms with Gasteiger partial charge in [-0.3, -0.25) is 4.55 Å². The van der Waals surface area contributed by atoms with E-state index < -0.39 is 40.2 Å². The predicted molar refractivity (Wildman–Crippen MR) is 109 cm³/mol. The van der Waals surface area contributed by atoms with E-state index >= 15 is 0 Å². The monoisotopic (exact) mass is 482 g/mol. The summed E-state index contributed by atoms with van der Waals surface area (Å²) in [6.07, 6.45) is -0.793. The van der Waals surface area contributed by atoms with Gasteiger partial charge in [-0.2, -0.15) is 21.6 Å². The molecule has 1 atom stereocenters. The standard InChI is InChI=1S/C19H21F3O7S2/c1-11(2)18(27-3)29-15-9-14-8-13(17(23)28-6-7-31(24,25)26)5-4-12(14)10-16(15)30-19(20,21)22/h4-5,8-11,18H,6-7H2,1-3H3,(H,24,25,26). The molecular weight excluding hydrogens is 461 g/mol. The van der Waals surface area contributed by atoms with E-state index in [4.69, 9.17) is 18.8 Å². The zero-order chi connectivity index (χ0) is 23.4. The molecule has 7 nitrogen and oxygen atoms in total. The number of ether oxygens (including phenoxy) is 3. The number of rotatable bonds is 9. The smallest absolute Gasteiger partial charge is 0.446 e. The molecule has 12 heteroatoms. The maximum atomic E-state index is 13.0. The van der Waals surface area contributed by atoms with Gasteiger partial charge in [0.25, 0.3) is 10.1 Å². The number of fused-ring (bicyclic) bond motifs is 1. The van der Waals surface area contributed by atoms with Gasteiger partial charge in [0.1, 0.15) is 18.1 Å². The fourth-order valence-corrected chi connectivity index (χ4v) is 3.52. The van der Waals surface area contributed by atoms with Crippen molar-refractivity contribution in [3.8, 4) is 5.75 Å². The SMILES string of the molecule is COC(Oc1cc2cc(C(=O)OCCS(=O)(=O)O)ccc2cc1SC(F)(F)F)C(C)C. The Balaban J connectivity index is 2.39. The van der Waals surface area contributed by atoms with Gasteiger partial charge in [0.05, 0.1) is 10.5 Å². The lowest BCUT2D eigenvalue weighted by molar-refractivity contribution is -0.0849. The van der Waals surface area contributed by atoms with Crippen LogP contribution in [0, 0.1) is 5.92 Å². The van der Waals surface area contributed by atoms with Crippen LogP contribution in [0.2, 0.25) is 0 Å². The van der Waals surface area contributed by atoms with E-state index in [1.807, 2.05) is 0 Å². The molecule has 0 saturated heterocycles. The van der Waals surface area contributed by atoms with Crippen molar-refractivity contribution in [2.75, 3.05) is 19.5 Å². The zero-order valence-electron chi connectivity index (χ0n) is 16.8. The third-order valence-corrected chi connectivity index (χ3v) is 5.41. The Labute approximate surface area is 181 Å². The van der Waals surface area contributed by atoms with Crippen molar-refractivity contribution in [1.29, 1.82) is 0 Å². The first-order chi connectivity index (χ1) is 14.3. The minimum absolute atomic E-state index is 0.0529. The summed E-state index contributed by atoms with van der Waals surface area (Å²) in [4.78, 5) is 12.0. The summed E-state index contributed by atoms with van der Waals surface area (Å²) in [5.41, 5.74) is -4.49. The maximum absolute atomic E-state index is 13.0. The number of esters is 1. The topological polar surface area (TPSA) is 99.1 Å². The van der Waals surface area contributed by atoms with Crippen molar-refractivity contribution < 1.29 is 45.1 Å². The molecule has 0 aliphatic rings. The normalized spacial score (nSPS) is 13.4. The van der Waals surface area contributed by atoms with Crippen molar-refractivity contribution in [2.45, 2.75) is 30.5 Å². The second-order valence-corrected chi connectivity index (χ2v) is 9.48. The van der Waals surface area contributed by atoms with Crippen molar-refractivity contribution in [3.63, 3.8) is 0 Å². The van der Waals surface area contributed by atoms with Crippen LogP contribution in [0.25, 0.3) is 10.8 Å². The molecule has 0 aliphatic carbocycles. The van der Waals surface area contributed by atoms with Crippen LogP contribution in [0.15, 0.2) is 35.2 Å². The van der Waals surface area contributed by atoms with Crippen molar-refractivity contribution >= 4 is 38.6 Å². The van der Waals surface area contributed by atoms with Gasteiger partial charge in [-0.25, -0.2) is 4.79 Å². The van der Waals surface area contributed by atoms with E-state index in [0.29, 0.717) is 10.8 Å². The third-order valence-electron chi connectivity index (χ3n) is 3.96. The van der Waals surface area contributed by atoms with Gasteiger partial charge in [-0.05, 0) is 46.8 Å². The molecule has 0 spiro atoms. The molecule has 0 bridgehead atoms. The summed E-state index contributed by atoms with van der Waals surface area (Å²) in [6, 6.07) is 6.83. The average molecular weight is 482 g/mol. The van der Waals surface area contributed by atoms with Crippen LogP contribution in [0.3, 0.4) is 0 Å². The minimum atomic E-state index is -4.54. The highest BCUT2D eigenvalue weighted by Gasteiger charge is 2.32. The number of carbonyl (C=O) groups excluding carboxylic acids is 1. The zero-order valence-corrected chi connectivity index (χ0v) is 18.4. The molecule has 0 radical (unpaired) electrons. The number of alkyl halides is 3.